The van der Waals surface area contributed by atoms with Crippen molar-refractivity contribution in [1.29, 1.82) is 0 Å². The molecule has 6 nitrogen and oxygen atoms in total. The Bertz CT molecular complexity index is 989. The minimum absolute atomic E-state index is 0.356. The van der Waals surface area contributed by atoms with Crippen molar-refractivity contribution in [1.82, 2.24) is 19.6 Å². The van der Waals surface area contributed by atoms with Crippen LogP contribution in [0.5, 0.6) is 0 Å². The van der Waals surface area contributed by atoms with Gasteiger partial charge in [-0.2, -0.15) is 5.10 Å². The second kappa shape index (κ2) is 6.62. The maximum Gasteiger partial charge on any atom is 0.199 e. The summed E-state index contributed by atoms with van der Waals surface area (Å²) in [5.74, 6) is 0.864. The van der Waals surface area contributed by atoms with Gasteiger partial charge in [-0.05, 0) is 30.7 Å². The molecule has 0 N–H and O–H groups in total. The molecule has 1 spiro atoms. The quantitative estimate of drug-likeness (QED) is 0.644. The molecule has 2 aliphatic heterocycles. The average molecular weight is 404 g/mol. The third kappa shape index (κ3) is 2.87. The molecule has 3 aromatic rings. The van der Waals surface area contributed by atoms with Crippen molar-refractivity contribution in [3.63, 3.8) is 0 Å². The summed E-state index contributed by atoms with van der Waals surface area (Å²) in [5, 5.41) is 5.41. The zero-order chi connectivity index (χ0) is 18.4. The highest BCUT2D eigenvalue weighted by atomic mass is 35.5. The van der Waals surface area contributed by atoms with Crippen LogP contribution >= 0.6 is 23.2 Å². The highest BCUT2D eigenvalue weighted by Gasteiger charge is 2.38. The van der Waals surface area contributed by atoms with E-state index < -0.39 is 0 Å². The SMILES string of the molecule is Clc1cccc(-c2cnc(N3CCC4(CCOC4)CC3)c3ncnn23)c1Cl. The van der Waals surface area contributed by atoms with E-state index in [0.29, 0.717) is 15.5 Å². The van der Waals surface area contributed by atoms with Crippen LogP contribution in [0.1, 0.15) is 19.3 Å². The van der Waals surface area contributed by atoms with Gasteiger partial charge in [0.1, 0.15) is 6.33 Å². The lowest BCUT2D eigenvalue weighted by Gasteiger charge is -2.38. The minimum atomic E-state index is 0.356. The summed E-state index contributed by atoms with van der Waals surface area (Å²) in [6.45, 7) is 3.69. The minimum Gasteiger partial charge on any atom is -0.381 e. The molecule has 0 unspecified atom stereocenters. The van der Waals surface area contributed by atoms with Crippen LogP contribution in [0.3, 0.4) is 0 Å². The third-order valence-corrected chi connectivity index (χ3v) is 6.64. The number of benzene rings is 1. The van der Waals surface area contributed by atoms with E-state index in [0.717, 1.165) is 61.9 Å². The molecule has 27 heavy (non-hydrogen) atoms. The van der Waals surface area contributed by atoms with Crippen molar-refractivity contribution in [2.75, 3.05) is 31.2 Å². The van der Waals surface area contributed by atoms with E-state index in [9.17, 15) is 0 Å². The van der Waals surface area contributed by atoms with Crippen molar-refractivity contribution in [3.8, 4) is 11.3 Å². The van der Waals surface area contributed by atoms with Gasteiger partial charge >= 0.3 is 0 Å². The Morgan fingerprint density at radius 1 is 1.07 bits per heavy atom. The molecule has 2 saturated heterocycles. The number of halogens is 2. The van der Waals surface area contributed by atoms with Crippen LogP contribution in [0.15, 0.2) is 30.7 Å². The van der Waals surface area contributed by atoms with Gasteiger partial charge in [-0.3, -0.25) is 0 Å². The first kappa shape index (κ1) is 17.2. The molecular formula is C19H19Cl2N5O. The smallest absolute Gasteiger partial charge is 0.199 e. The van der Waals surface area contributed by atoms with E-state index in [2.05, 4.69) is 15.0 Å². The summed E-state index contributed by atoms with van der Waals surface area (Å²) in [7, 11) is 0. The summed E-state index contributed by atoms with van der Waals surface area (Å²) in [5.41, 5.74) is 2.66. The fourth-order valence-corrected chi connectivity index (χ4v) is 4.55. The van der Waals surface area contributed by atoms with Gasteiger partial charge in [-0.25, -0.2) is 14.5 Å². The van der Waals surface area contributed by atoms with Gasteiger partial charge in [0.15, 0.2) is 11.5 Å². The number of nitrogens with zero attached hydrogens (tertiary/aromatic N) is 5. The Labute approximate surface area is 167 Å². The van der Waals surface area contributed by atoms with Gasteiger partial charge < -0.3 is 9.64 Å². The summed E-state index contributed by atoms with van der Waals surface area (Å²) >= 11 is 12.6. The largest absolute Gasteiger partial charge is 0.381 e. The average Bonchev–Trinajstić information content (AvgIpc) is 3.34. The topological polar surface area (TPSA) is 55.5 Å². The van der Waals surface area contributed by atoms with Gasteiger partial charge in [0, 0.05) is 25.3 Å². The third-order valence-electron chi connectivity index (χ3n) is 5.82. The molecule has 0 amide bonds. The predicted octanol–water partition coefficient (Wildman–Crippen LogP) is 4.11. The zero-order valence-corrected chi connectivity index (χ0v) is 16.2. The van der Waals surface area contributed by atoms with Crippen molar-refractivity contribution in [3.05, 3.63) is 40.8 Å². The molecule has 2 aromatic heterocycles. The molecule has 4 heterocycles. The Morgan fingerprint density at radius 2 is 1.93 bits per heavy atom. The molecule has 0 aliphatic carbocycles. The number of anilines is 1. The molecule has 5 rings (SSSR count). The van der Waals surface area contributed by atoms with E-state index in [4.69, 9.17) is 32.9 Å². The lowest BCUT2D eigenvalue weighted by molar-refractivity contribution is 0.133. The molecule has 8 heteroatoms. The standard InChI is InChI=1S/C19H19Cl2N5O/c20-14-3-1-2-13(16(14)21)15-10-22-17(18-23-12-24-26(15)18)25-7-4-19(5-8-25)6-9-27-11-19/h1-3,10,12H,4-9,11H2. The fourth-order valence-electron chi connectivity index (χ4n) is 4.15. The summed E-state index contributed by atoms with van der Waals surface area (Å²) in [4.78, 5) is 11.5. The molecule has 140 valence electrons. The number of ether oxygens (including phenoxy) is 1. The first-order valence-electron chi connectivity index (χ1n) is 9.13. The molecule has 2 fully saturated rings. The lowest BCUT2D eigenvalue weighted by atomic mass is 9.78. The number of piperidine rings is 1. The van der Waals surface area contributed by atoms with Crippen LogP contribution in [0.4, 0.5) is 5.82 Å². The van der Waals surface area contributed by atoms with E-state index >= 15 is 0 Å². The van der Waals surface area contributed by atoms with Crippen molar-refractivity contribution < 1.29 is 4.74 Å². The normalized spacial score (nSPS) is 19.3. The maximum absolute atomic E-state index is 6.41. The molecule has 2 aliphatic rings. The first-order chi connectivity index (χ1) is 13.2. The molecule has 0 bridgehead atoms. The summed E-state index contributed by atoms with van der Waals surface area (Å²) in [6, 6.07) is 5.55. The van der Waals surface area contributed by atoms with Gasteiger partial charge in [0.2, 0.25) is 0 Å². The fraction of sp³-hybridized carbons (Fsp3) is 0.421. The van der Waals surface area contributed by atoms with Gasteiger partial charge in [0.05, 0.1) is 28.5 Å². The van der Waals surface area contributed by atoms with Crippen LogP contribution in [0.25, 0.3) is 16.9 Å². The molecule has 0 atom stereocenters. The van der Waals surface area contributed by atoms with Gasteiger partial charge in [-0.15, -0.1) is 0 Å². The summed E-state index contributed by atoms with van der Waals surface area (Å²) < 4.78 is 7.43. The van der Waals surface area contributed by atoms with Crippen molar-refractivity contribution in [2.24, 2.45) is 5.41 Å². The second-order valence-electron chi connectivity index (χ2n) is 7.35. The van der Waals surface area contributed by atoms with Gasteiger partial charge in [-0.1, -0.05) is 35.3 Å². The number of hydrogen-bond acceptors (Lipinski definition) is 5. The first-order valence-corrected chi connectivity index (χ1v) is 9.88. The number of hydrogen-bond donors (Lipinski definition) is 0. The predicted molar refractivity (Wildman–Crippen MR) is 106 cm³/mol. The Kier molecular flexibility index (Phi) is 4.22. The molecule has 1 aromatic carbocycles. The molecule has 0 saturated carbocycles. The van der Waals surface area contributed by atoms with Crippen LogP contribution < -0.4 is 4.90 Å². The van der Waals surface area contributed by atoms with Crippen LogP contribution in [-0.4, -0.2) is 45.9 Å². The van der Waals surface area contributed by atoms with Crippen molar-refractivity contribution in [2.45, 2.75) is 19.3 Å². The summed E-state index contributed by atoms with van der Waals surface area (Å²) in [6.07, 6.45) is 6.77. The van der Waals surface area contributed by atoms with Crippen LogP contribution in [0, 0.1) is 5.41 Å². The zero-order valence-electron chi connectivity index (χ0n) is 14.7. The Morgan fingerprint density at radius 3 is 2.70 bits per heavy atom. The number of fused-ring (bicyclic) bond motifs is 1. The van der Waals surface area contributed by atoms with E-state index in [-0.39, 0.29) is 0 Å². The lowest BCUT2D eigenvalue weighted by Crippen LogP contribution is -2.41. The molecule has 0 radical (unpaired) electrons. The number of aromatic nitrogens is 4. The molecular weight excluding hydrogens is 385 g/mol. The Balaban J connectivity index is 1.51. The van der Waals surface area contributed by atoms with Gasteiger partial charge in [0.25, 0.3) is 0 Å². The van der Waals surface area contributed by atoms with Crippen LogP contribution in [0.2, 0.25) is 10.0 Å². The highest BCUT2D eigenvalue weighted by Crippen LogP contribution is 2.40. The second-order valence-corrected chi connectivity index (χ2v) is 8.14. The Hall–Kier alpha value is -1.89. The van der Waals surface area contributed by atoms with E-state index in [1.165, 1.54) is 6.42 Å². The van der Waals surface area contributed by atoms with Crippen LogP contribution in [-0.2, 0) is 4.74 Å². The maximum atomic E-state index is 6.41. The van der Waals surface area contributed by atoms with E-state index in [1.807, 2.05) is 12.1 Å². The highest BCUT2D eigenvalue weighted by molar-refractivity contribution is 6.43. The van der Waals surface area contributed by atoms with E-state index in [1.54, 1.807) is 23.1 Å². The van der Waals surface area contributed by atoms with Crippen molar-refractivity contribution >= 4 is 34.7 Å². The monoisotopic (exact) mass is 403 g/mol. The number of rotatable bonds is 2.